The van der Waals surface area contributed by atoms with E-state index in [-0.39, 0.29) is 0 Å². The van der Waals surface area contributed by atoms with E-state index in [2.05, 4.69) is 12.0 Å². The zero-order valence-electron chi connectivity index (χ0n) is 5.29. The monoisotopic (exact) mass is 147 g/mol. The summed E-state index contributed by atoms with van der Waals surface area (Å²) < 4.78 is 0. The van der Waals surface area contributed by atoms with Gasteiger partial charge in [-0.15, -0.1) is 23.7 Å². The normalized spacial score (nSPS) is 8.20. The number of nitriles is 1. The van der Waals surface area contributed by atoms with Crippen molar-refractivity contribution in [2.75, 3.05) is 0 Å². The Hall–Kier alpha value is -1.25. The summed E-state index contributed by atoms with van der Waals surface area (Å²) in [6, 6.07) is 5.74. The molecule has 0 amide bonds. The van der Waals surface area contributed by atoms with Gasteiger partial charge in [-0.1, -0.05) is 0 Å². The van der Waals surface area contributed by atoms with Crippen LogP contribution in [0.5, 0.6) is 0 Å². The van der Waals surface area contributed by atoms with Crippen LogP contribution in [0, 0.1) is 23.7 Å². The van der Waals surface area contributed by atoms with E-state index in [1.807, 2.05) is 6.07 Å². The first-order valence-corrected chi connectivity index (χ1v) is 3.60. The number of hydrogen-bond donors (Lipinski definition) is 0. The van der Waals surface area contributed by atoms with Crippen molar-refractivity contribution in [2.45, 2.75) is 6.42 Å². The number of rotatable bonds is 1. The average Bonchev–Trinajstić information content (AvgIpc) is 2.37. The molecule has 1 heterocycles. The number of nitrogens with zero attached hydrogens (tertiary/aromatic N) is 1. The van der Waals surface area contributed by atoms with Crippen molar-refractivity contribution in [3.63, 3.8) is 0 Å². The van der Waals surface area contributed by atoms with Crippen LogP contribution in [-0.2, 0) is 6.42 Å². The molecule has 0 saturated heterocycles. The predicted molar refractivity (Wildman–Crippen MR) is 41.6 cm³/mol. The molecule has 10 heavy (non-hydrogen) atoms. The van der Waals surface area contributed by atoms with E-state index >= 15 is 0 Å². The molecular formula is C8H5NS. The van der Waals surface area contributed by atoms with E-state index in [1.54, 1.807) is 6.07 Å². The molecule has 0 saturated carbocycles. The first-order valence-electron chi connectivity index (χ1n) is 2.79. The molecule has 0 aliphatic heterocycles. The van der Waals surface area contributed by atoms with Crippen LogP contribution in [0.25, 0.3) is 0 Å². The summed E-state index contributed by atoms with van der Waals surface area (Å²) in [6.45, 7) is 0. The summed E-state index contributed by atoms with van der Waals surface area (Å²) in [5.41, 5.74) is 0. The van der Waals surface area contributed by atoms with Gasteiger partial charge < -0.3 is 0 Å². The largest absolute Gasteiger partial charge is 0.192 e. The van der Waals surface area contributed by atoms with E-state index in [4.69, 9.17) is 11.7 Å². The lowest BCUT2D eigenvalue weighted by atomic mass is 10.3. The quantitative estimate of drug-likeness (QED) is 0.555. The zero-order chi connectivity index (χ0) is 7.40. The molecule has 0 bridgehead atoms. The summed E-state index contributed by atoms with van der Waals surface area (Å²) in [6.07, 6.45) is 5.72. The highest BCUT2D eigenvalue weighted by Gasteiger charge is 1.95. The van der Waals surface area contributed by atoms with Crippen LogP contribution in [0.15, 0.2) is 12.1 Å². The van der Waals surface area contributed by atoms with Crippen LogP contribution in [0.1, 0.15) is 9.75 Å². The standard InChI is InChI=1S/C8H5NS/c1-2-3-7-4-5-8(6-9)10-7/h1,4-5H,3H2. The van der Waals surface area contributed by atoms with Gasteiger partial charge >= 0.3 is 0 Å². The molecule has 0 spiro atoms. The molecule has 0 N–H and O–H groups in total. The van der Waals surface area contributed by atoms with Crippen molar-refractivity contribution in [3.8, 4) is 18.4 Å². The molecule has 0 aliphatic rings. The van der Waals surface area contributed by atoms with Crippen LogP contribution in [-0.4, -0.2) is 0 Å². The first-order chi connectivity index (χ1) is 4.86. The Morgan fingerprint density at radius 3 is 2.90 bits per heavy atom. The summed E-state index contributed by atoms with van der Waals surface area (Å²) in [5.74, 6) is 2.52. The summed E-state index contributed by atoms with van der Waals surface area (Å²) in [5, 5.41) is 8.43. The molecule has 0 atom stereocenters. The minimum absolute atomic E-state index is 0.631. The third-order valence-corrected chi connectivity index (χ3v) is 2.04. The molecule has 0 aliphatic carbocycles. The van der Waals surface area contributed by atoms with Crippen molar-refractivity contribution in [2.24, 2.45) is 0 Å². The highest BCUT2D eigenvalue weighted by atomic mass is 32.1. The fourth-order valence-electron chi connectivity index (χ4n) is 0.634. The predicted octanol–water partition coefficient (Wildman–Crippen LogP) is 1.80. The SMILES string of the molecule is C#CCc1ccc(C#N)s1. The third-order valence-electron chi connectivity index (χ3n) is 1.05. The summed E-state index contributed by atoms with van der Waals surface area (Å²) in [4.78, 5) is 1.81. The highest BCUT2D eigenvalue weighted by Crippen LogP contribution is 2.14. The Balaban J connectivity index is 2.83. The lowest BCUT2D eigenvalue weighted by Crippen LogP contribution is -1.68. The number of terminal acetylenes is 1. The lowest BCUT2D eigenvalue weighted by molar-refractivity contribution is 1.41. The Labute approximate surface area is 63.9 Å². The van der Waals surface area contributed by atoms with Gasteiger partial charge in [-0.25, -0.2) is 0 Å². The molecule has 0 unspecified atom stereocenters. The fraction of sp³-hybridized carbons (Fsp3) is 0.125. The molecule has 0 radical (unpaired) electrons. The molecule has 1 aromatic heterocycles. The molecule has 0 fully saturated rings. The van der Waals surface area contributed by atoms with Crippen molar-refractivity contribution in [3.05, 3.63) is 21.9 Å². The van der Waals surface area contributed by atoms with E-state index in [1.165, 1.54) is 11.3 Å². The number of hydrogen-bond acceptors (Lipinski definition) is 2. The van der Waals surface area contributed by atoms with Gasteiger partial charge in [0, 0.05) is 11.3 Å². The Bertz CT molecular complexity index is 298. The van der Waals surface area contributed by atoms with Crippen molar-refractivity contribution < 1.29 is 0 Å². The first kappa shape index (κ1) is 6.86. The zero-order valence-corrected chi connectivity index (χ0v) is 6.11. The van der Waals surface area contributed by atoms with Crippen LogP contribution < -0.4 is 0 Å². The molecule has 1 nitrogen and oxygen atoms in total. The fourth-order valence-corrected chi connectivity index (χ4v) is 1.39. The summed E-state index contributed by atoms with van der Waals surface area (Å²) >= 11 is 1.45. The lowest BCUT2D eigenvalue weighted by Gasteiger charge is -1.79. The second-order valence-corrected chi connectivity index (χ2v) is 2.93. The Morgan fingerprint density at radius 2 is 2.40 bits per heavy atom. The highest BCUT2D eigenvalue weighted by molar-refractivity contribution is 7.12. The third kappa shape index (κ3) is 1.37. The van der Waals surface area contributed by atoms with Crippen LogP contribution in [0.2, 0.25) is 0 Å². The molecule has 1 aromatic rings. The molecular weight excluding hydrogens is 142 g/mol. The van der Waals surface area contributed by atoms with Gasteiger partial charge in [0.2, 0.25) is 0 Å². The van der Waals surface area contributed by atoms with E-state index in [0.717, 1.165) is 9.75 Å². The van der Waals surface area contributed by atoms with Gasteiger partial charge in [0.15, 0.2) is 0 Å². The van der Waals surface area contributed by atoms with Crippen molar-refractivity contribution in [1.29, 1.82) is 5.26 Å². The van der Waals surface area contributed by atoms with Gasteiger partial charge in [-0.2, -0.15) is 5.26 Å². The minimum atomic E-state index is 0.631. The number of thiophene rings is 1. The van der Waals surface area contributed by atoms with Crippen LogP contribution in [0.3, 0.4) is 0 Å². The maximum absolute atomic E-state index is 8.43. The van der Waals surface area contributed by atoms with Crippen molar-refractivity contribution >= 4 is 11.3 Å². The van der Waals surface area contributed by atoms with E-state index < -0.39 is 0 Å². The van der Waals surface area contributed by atoms with Gasteiger partial charge in [0.1, 0.15) is 10.9 Å². The Morgan fingerprint density at radius 1 is 1.60 bits per heavy atom. The average molecular weight is 147 g/mol. The second kappa shape index (κ2) is 3.06. The minimum Gasteiger partial charge on any atom is -0.192 e. The van der Waals surface area contributed by atoms with Gasteiger partial charge in [-0.05, 0) is 12.1 Å². The van der Waals surface area contributed by atoms with E-state index in [9.17, 15) is 0 Å². The van der Waals surface area contributed by atoms with Crippen LogP contribution >= 0.6 is 11.3 Å². The van der Waals surface area contributed by atoms with Crippen LogP contribution in [0.4, 0.5) is 0 Å². The maximum Gasteiger partial charge on any atom is 0.110 e. The van der Waals surface area contributed by atoms with Gasteiger partial charge in [0.05, 0.1) is 0 Å². The smallest absolute Gasteiger partial charge is 0.110 e. The maximum atomic E-state index is 8.43. The van der Waals surface area contributed by atoms with Crippen molar-refractivity contribution in [1.82, 2.24) is 0 Å². The van der Waals surface area contributed by atoms with Gasteiger partial charge in [0.25, 0.3) is 0 Å². The molecule has 0 aromatic carbocycles. The molecule has 2 heteroatoms. The second-order valence-electron chi connectivity index (χ2n) is 1.76. The molecule has 48 valence electrons. The summed E-state index contributed by atoms with van der Waals surface area (Å²) in [7, 11) is 0. The van der Waals surface area contributed by atoms with Gasteiger partial charge in [-0.3, -0.25) is 0 Å². The topological polar surface area (TPSA) is 23.8 Å². The molecule has 1 rings (SSSR count). The van der Waals surface area contributed by atoms with E-state index in [0.29, 0.717) is 6.42 Å². The Kier molecular flexibility index (Phi) is 2.10.